The summed E-state index contributed by atoms with van der Waals surface area (Å²) in [6.45, 7) is 5.33. The molecule has 2 nitrogen and oxygen atoms in total. The molecule has 2 heteroatoms. The molecule has 0 aromatic heterocycles. The summed E-state index contributed by atoms with van der Waals surface area (Å²) in [6, 6.07) is 8.53. The number of para-hydroxylation sites is 1. The Morgan fingerprint density at radius 1 is 1.25 bits per heavy atom. The largest absolute Gasteiger partial charge is 0.344 e. The van der Waals surface area contributed by atoms with E-state index in [-0.39, 0.29) is 0 Å². The van der Waals surface area contributed by atoms with E-state index in [1.165, 1.54) is 17.7 Å². The monoisotopic (exact) mass is 216 g/mol. The van der Waals surface area contributed by atoms with E-state index in [2.05, 4.69) is 48.4 Å². The summed E-state index contributed by atoms with van der Waals surface area (Å²) in [5, 5.41) is 3.46. The zero-order valence-electron chi connectivity index (χ0n) is 10.2. The van der Waals surface area contributed by atoms with Crippen LogP contribution >= 0.6 is 0 Å². The Bertz CT molecular complexity index is 380. The van der Waals surface area contributed by atoms with Gasteiger partial charge in [-0.05, 0) is 30.4 Å². The van der Waals surface area contributed by atoms with E-state index in [4.69, 9.17) is 0 Å². The van der Waals surface area contributed by atoms with Gasteiger partial charge < -0.3 is 5.32 Å². The fourth-order valence-electron chi connectivity index (χ4n) is 1.94. The van der Waals surface area contributed by atoms with Crippen LogP contribution in [0.2, 0.25) is 0 Å². The first-order valence-electron chi connectivity index (χ1n) is 6.14. The lowest BCUT2D eigenvalue weighted by Crippen LogP contribution is -2.12. The third-order valence-electron chi connectivity index (χ3n) is 2.80. The summed E-state index contributed by atoms with van der Waals surface area (Å²) in [5.74, 6) is 1.78. The SMILES string of the molecule is CC(C)CN=C1CCCc2ccccc2N1. The highest BCUT2D eigenvalue weighted by Gasteiger charge is 2.10. The topological polar surface area (TPSA) is 24.4 Å². The summed E-state index contributed by atoms with van der Waals surface area (Å²) >= 11 is 0. The Morgan fingerprint density at radius 2 is 2.06 bits per heavy atom. The van der Waals surface area contributed by atoms with E-state index < -0.39 is 0 Å². The maximum absolute atomic E-state index is 4.65. The standard InChI is InChI=1S/C14H20N2/c1-11(2)10-15-14-9-5-7-12-6-3-4-8-13(12)16-14/h3-4,6,8,11H,5,7,9-10H2,1-2H3,(H,15,16). The molecule has 0 aliphatic carbocycles. The molecule has 1 aliphatic rings. The van der Waals surface area contributed by atoms with Crippen molar-refractivity contribution in [2.75, 3.05) is 11.9 Å². The number of aryl methyl sites for hydroxylation is 1. The van der Waals surface area contributed by atoms with Crippen molar-refractivity contribution in [1.82, 2.24) is 0 Å². The van der Waals surface area contributed by atoms with Crippen LogP contribution in [0.3, 0.4) is 0 Å². The van der Waals surface area contributed by atoms with Crippen LogP contribution < -0.4 is 5.32 Å². The van der Waals surface area contributed by atoms with Gasteiger partial charge >= 0.3 is 0 Å². The van der Waals surface area contributed by atoms with Crippen LogP contribution in [0, 0.1) is 5.92 Å². The van der Waals surface area contributed by atoms with Crippen LogP contribution in [0.15, 0.2) is 29.3 Å². The average molecular weight is 216 g/mol. The maximum Gasteiger partial charge on any atom is 0.101 e. The predicted octanol–water partition coefficient (Wildman–Crippen LogP) is 3.49. The molecular formula is C14H20N2. The predicted molar refractivity (Wildman–Crippen MR) is 70.1 cm³/mol. The molecule has 0 amide bonds. The highest BCUT2D eigenvalue weighted by atomic mass is 15.0. The molecular weight excluding hydrogens is 196 g/mol. The number of hydrogen-bond donors (Lipinski definition) is 1. The summed E-state index contributed by atoms with van der Waals surface area (Å²) < 4.78 is 0. The number of benzene rings is 1. The summed E-state index contributed by atoms with van der Waals surface area (Å²) in [5.41, 5.74) is 2.65. The first-order valence-corrected chi connectivity index (χ1v) is 6.14. The van der Waals surface area contributed by atoms with E-state index >= 15 is 0 Å². The summed E-state index contributed by atoms with van der Waals surface area (Å²) in [4.78, 5) is 4.65. The second-order valence-corrected chi connectivity index (χ2v) is 4.82. The van der Waals surface area contributed by atoms with Crippen LogP contribution in [-0.4, -0.2) is 12.4 Å². The lowest BCUT2D eigenvalue weighted by Gasteiger charge is -2.09. The molecule has 0 atom stereocenters. The number of fused-ring (bicyclic) bond motifs is 1. The fraction of sp³-hybridized carbons (Fsp3) is 0.500. The first-order chi connectivity index (χ1) is 7.75. The molecule has 16 heavy (non-hydrogen) atoms. The number of hydrogen-bond acceptors (Lipinski definition) is 1. The Kier molecular flexibility index (Phi) is 3.60. The number of nitrogens with one attached hydrogen (secondary N) is 1. The van der Waals surface area contributed by atoms with Gasteiger partial charge in [0.05, 0.1) is 0 Å². The van der Waals surface area contributed by atoms with Gasteiger partial charge in [-0.2, -0.15) is 0 Å². The molecule has 1 heterocycles. The second kappa shape index (κ2) is 5.15. The summed E-state index contributed by atoms with van der Waals surface area (Å²) in [6.07, 6.45) is 3.42. The van der Waals surface area contributed by atoms with E-state index in [0.29, 0.717) is 5.92 Å². The van der Waals surface area contributed by atoms with E-state index in [9.17, 15) is 0 Å². The number of anilines is 1. The van der Waals surface area contributed by atoms with Crippen LogP contribution in [0.5, 0.6) is 0 Å². The van der Waals surface area contributed by atoms with Gasteiger partial charge in [0.1, 0.15) is 5.84 Å². The van der Waals surface area contributed by atoms with Crippen molar-refractivity contribution < 1.29 is 0 Å². The molecule has 1 aromatic rings. The highest BCUT2D eigenvalue weighted by molar-refractivity contribution is 5.96. The van der Waals surface area contributed by atoms with Gasteiger partial charge in [-0.15, -0.1) is 0 Å². The van der Waals surface area contributed by atoms with Crippen LogP contribution in [0.25, 0.3) is 0 Å². The van der Waals surface area contributed by atoms with Gasteiger partial charge in [-0.1, -0.05) is 32.0 Å². The van der Waals surface area contributed by atoms with Crippen molar-refractivity contribution in [3.63, 3.8) is 0 Å². The van der Waals surface area contributed by atoms with Crippen LogP contribution in [0.1, 0.15) is 32.3 Å². The summed E-state index contributed by atoms with van der Waals surface area (Å²) in [7, 11) is 0. The molecule has 0 saturated heterocycles. The molecule has 1 N–H and O–H groups in total. The minimum Gasteiger partial charge on any atom is -0.344 e. The molecule has 1 aliphatic heterocycles. The van der Waals surface area contributed by atoms with Gasteiger partial charge in [0.2, 0.25) is 0 Å². The smallest absolute Gasteiger partial charge is 0.101 e. The third-order valence-corrected chi connectivity index (χ3v) is 2.80. The third kappa shape index (κ3) is 2.84. The molecule has 0 radical (unpaired) electrons. The lowest BCUT2D eigenvalue weighted by molar-refractivity contribution is 0.663. The van der Waals surface area contributed by atoms with Crippen molar-refractivity contribution in [2.45, 2.75) is 33.1 Å². The fourth-order valence-corrected chi connectivity index (χ4v) is 1.94. The van der Waals surface area contributed by atoms with Gasteiger partial charge in [0, 0.05) is 18.7 Å². The van der Waals surface area contributed by atoms with Gasteiger partial charge in [0.25, 0.3) is 0 Å². The molecule has 2 rings (SSSR count). The minimum atomic E-state index is 0.632. The molecule has 0 unspecified atom stereocenters. The number of aliphatic imine (C=N–C) groups is 1. The zero-order valence-corrected chi connectivity index (χ0v) is 10.2. The number of amidine groups is 1. The molecule has 1 aromatic carbocycles. The Morgan fingerprint density at radius 3 is 2.88 bits per heavy atom. The highest BCUT2D eigenvalue weighted by Crippen LogP contribution is 2.21. The Hall–Kier alpha value is -1.31. The van der Waals surface area contributed by atoms with Crippen molar-refractivity contribution in [1.29, 1.82) is 0 Å². The number of rotatable bonds is 2. The molecule has 0 spiro atoms. The molecule has 0 fully saturated rings. The van der Waals surface area contributed by atoms with E-state index in [0.717, 1.165) is 25.2 Å². The van der Waals surface area contributed by atoms with Crippen molar-refractivity contribution in [2.24, 2.45) is 10.9 Å². The second-order valence-electron chi connectivity index (χ2n) is 4.82. The van der Waals surface area contributed by atoms with E-state index in [1.807, 2.05) is 0 Å². The normalized spacial score (nSPS) is 18.1. The minimum absolute atomic E-state index is 0.632. The maximum atomic E-state index is 4.65. The van der Waals surface area contributed by atoms with Crippen molar-refractivity contribution in [3.8, 4) is 0 Å². The quantitative estimate of drug-likeness (QED) is 0.804. The molecule has 0 saturated carbocycles. The van der Waals surface area contributed by atoms with Gasteiger partial charge in [-0.3, -0.25) is 4.99 Å². The Labute approximate surface area is 97.8 Å². The molecule has 86 valence electrons. The van der Waals surface area contributed by atoms with E-state index in [1.54, 1.807) is 0 Å². The lowest BCUT2D eigenvalue weighted by atomic mass is 10.1. The van der Waals surface area contributed by atoms with Gasteiger partial charge in [0.15, 0.2) is 0 Å². The van der Waals surface area contributed by atoms with Crippen molar-refractivity contribution >= 4 is 11.5 Å². The zero-order chi connectivity index (χ0) is 11.4. The number of nitrogens with zero attached hydrogens (tertiary/aromatic N) is 1. The van der Waals surface area contributed by atoms with Crippen molar-refractivity contribution in [3.05, 3.63) is 29.8 Å². The van der Waals surface area contributed by atoms with Crippen LogP contribution in [-0.2, 0) is 6.42 Å². The first kappa shape index (κ1) is 11.2. The van der Waals surface area contributed by atoms with Gasteiger partial charge in [-0.25, -0.2) is 0 Å². The van der Waals surface area contributed by atoms with Crippen LogP contribution in [0.4, 0.5) is 5.69 Å². The Balaban J connectivity index is 2.13. The average Bonchev–Trinajstić information content (AvgIpc) is 2.47. The molecule has 0 bridgehead atoms.